The van der Waals surface area contributed by atoms with Crippen LogP contribution in [0.25, 0.3) is 0 Å². The van der Waals surface area contributed by atoms with Crippen LogP contribution in [0.1, 0.15) is 37.9 Å². The van der Waals surface area contributed by atoms with Crippen molar-refractivity contribution < 1.29 is 4.74 Å². The standard InChI is InChI=1S/C14H24N4O/c1-15-12-8-13(18-14(17-12)10-19-2)16-9-11-6-4-3-5-7-11/h8,11H,3-7,9-10H2,1-2H3,(H2,15,16,17,18). The van der Waals surface area contributed by atoms with E-state index in [-0.39, 0.29) is 0 Å². The van der Waals surface area contributed by atoms with E-state index in [0.717, 1.165) is 24.1 Å². The highest BCUT2D eigenvalue weighted by atomic mass is 16.5. The van der Waals surface area contributed by atoms with Crippen LogP contribution in [-0.2, 0) is 11.3 Å². The third-order valence-corrected chi connectivity index (χ3v) is 3.60. The van der Waals surface area contributed by atoms with Crippen molar-refractivity contribution in [2.75, 3.05) is 31.3 Å². The maximum Gasteiger partial charge on any atom is 0.158 e. The molecule has 0 spiro atoms. The van der Waals surface area contributed by atoms with E-state index in [1.54, 1.807) is 7.11 Å². The van der Waals surface area contributed by atoms with Crippen molar-refractivity contribution in [1.82, 2.24) is 9.97 Å². The number of rotatable bonds is 6. The van der Waals surface area contributed by atoms with Gasteiger partial charge in [-0.05, 0) is 18.8 Å². The fourth-order valence-corrected chi connectivity index (χ4v) is 2.55. The number of hydrogen-bond donors (Lipinski definition) is 2. The normalized spacial score (nSPS) is 16.3. The first-order valence-corrected chi connectivity index (χ1v) is 7.10. The highest BCUT2D eigenvalue weighted by Crippen LogP contribution is 2.24. The molecule has 0 unspecified atom stereocenters. The molecular formula is C14H24N4O. The summed E-state index contributed by atoms with van der Waals surface area (Å²) in [6, 6.07) is 1.95. The second-order valence-electron chi connectivity index (χ2n) is 5.12. The highest BCUT2D eigenvalue weighted by molar-refractivity contribution is 5.47. The highest BCUT2D eigenvalue weighted by Gasteiger charge is 2.13. The molecule has 1 aromatic heterocycles. The summed E-state index contributed by atoms with van der Waals surface area (Å²) in [5, 5.41) is 6.50. The molecule has 1 aromatic rings. The Balaban J connectivity index is 1.95. The number of nitrogens with zero attached hydrogens (tertiary/aromatic N) is 2. The van der Waals surface area contributed by atoms with Gasteiger partial charge in [0.1, 0.15) is 18.2 Å². The molecule has 19 heavy (non-hydrogen) atoms. The summed E-state index contributed by atoms with van der Waals surface area (Å²) in [7, 11) is 3.52. The van der Waals surface area contributed by atoms with E-state index < -0.39 is 0 Å². The molecular weight excluding hydrogens is 240 g/mol. The summed E-state index contributed by atoms with van der Waals surface area (Å²) in [5.41, 5.74) is 0. The molecule has 1 aliphatic carbocycles. The predicted octanol–water partition coefficient (Wildman–Crippen LogP) is 2.66. The maximum atomic E-state index is 5.10. The molecule has 5 nitrogen and oxygen atoms in total. The van der Waals surface area contributed by atoms with Gasteiger partial charge >= 0.3 is 0 Å². The summed E-state index contributed by atoms with van der Waals surface area (Å²) in [6.45, 7) is 1.44. The van der Waals surface area contributed by atoms with Crippen molar-refractivity contribution in [2.45, 2.75) is 38.7 Å². The average Bonchev–Trinajstić information content (AvgIpc) is 2.46. The first-order chi connectivity index (χ1) is 9.31. The van der Waals surface area contributed by atoms with Gasteiger partial charge in [0.05, 0.1) is 0 Å². The van der Waals surface area contributed by atoms with Gasteiger partial charge in [-0.25, -0.2) is 9.97 Å². The van der Waals surface area contributed by atoms with E-state index >= 15 is 0 Å². The Morgan fingerprint density at radius 2 is 1.95 bits per heavy atom. The van der Waals surface area contributed by atoms with Gasteiger partial charge < -0.3 is 15.4 Å². The first kappa shape index (κ1) is 14.1. The zero-order chi connectivity index (χ0) is 13.5. The van der Waals surface area contributed by atoms with E-state index in [1.165, 1.54) is 32.1 Å². The third-order valence-electron chi connectivity index (χ3n) is 3.60. The molecule has 0 bridgehead atoms. The largest absolute Gasteiger partial charge is 0.377 e. The lowest BCUT2D eigenvalue weighted by molar-refractivity contribution is 0.178. The number of aromatic nitrogens is 2. The predicted molar refractivity (Wildman–Crippen MR) is 77.4 cm³/mol. The summed E-state index contributed by atoms with van der Waals surface area (Å²) in [6.07, 6.45) is 6.80. The van der Waals surface area contributed by atoms with Crippen LogP contribution in [0.5, 0.6) is 0 Å². The first-order valence-electron chi connectivity index (χ1n) is 7.10. The minimum Gasteiger partial charge on any atom is -0.377 e. The van der Waals surface area contributed by atoms with Gasteiger partial charge in [0, 0.05) is 26.8 Å². The van der Waals surface area contributed by atoms with Crippen LogP contribution in [0.2, 0.25) is 0 Å². The molecule has 106 valence electrons. The summed E-state index contributed by atoms with van der Waals surface area (Å²) < 4.78 is 5.10. The fraction of sp³-hybridized carbons (Fsp3) is 0.714. The molecule has 0 aliphatic heterocycles. The van der Waals surface area contributed by atoms with Crippen molar-refractivity contribution in [3.05, 3.63) is 11.9 Å². The van der Waals surface area contributed by atoms with Crippen LogP contribution in [0.4, 0.5) is 11.6 Å². The minimum atomic E-state index is 0.438. The minimum absolute atomic E-state index is 0.438. The van der Waals surface area contributed by atoms with Crippen molar-refractivity contribution in [3.8, 4) is 0 Å². The van der Waals surface area contributed by atoms with Crippen LogP contribution < -0.4 is 10.6 Å². The molecule has 2 N–H and O–H groups in total. The molecule has 0 aromatic carbocycles. The molecule has 0 atom stereocenters. The van der Waals surface area contributed by atoms with Gasteiger partial charge in [0.15, 0.2) is 5.82 Å². The number of anilines is 2. The SMILES string of the molecule is CNc1cc(NCC2CCCCC2)nc(COC)n1. The lowest BCUT2D eigenvalue weighted by Crippen LogP contribution is -2.18. The van der Waals surface area contributed by atoms with E-state index in [2.05, 4.69) is 20.6 Å². The Hall–Kier alpha value is -1.36. The molecule has 5 heteroatoms. The topological polar surface area (TPSA) is 59.1 Å². The fourth-order valence-electron chi connectivity index (χ4n) is 2.55. The smallest absolute Gasteiger partial charge is 0.158 e. The van der Waals surface area contributed by atoms with Crippen LogP contribution >= 0.6 is 0 Å². The van der Waals surface area contributed by atoms with E-state index in [0.29, 0.717) is 12.4 Å². The van der Waals surface area contributed by atoms with Gasteiger partial charge in [0.2, 0.25) is 0 Å². The van der Waals surface area contributed by atoms with Crippen LogP contribution in [0, 0.1) is 5.92 Å². The number of hydrogen-bond acceptors (Lipinski definition) is 5. The second-order valence-corrected chi connectivity index (χ2v) is 5.12. The summed E-state index contributed by atoms with van der Waals surface area (Å²) >= 11 is 0. The Morgan fingerprint density at radius 3 is 2.63 bits per heavy atom. The monoisotopic (exact) mass is 264 g/mol. The van der Waals surface area contributed by atoms with Crippen molar-refractivity contribution in [1.29, 1.82) is 0 Å². The van der Waals surface area contributed by atoms with E-state index in [1.807, 2.05) is 13.1 Å². The molecule has 2 rings (SSSR count). The lowest BCUT2D eigenvalue weighted by atomic mass is 9.89. The molecule has 0 radical (unpaired) electrons. The van der Waals surface area contributed by atoms with Crippen LogP contribution in [-0.4, -0.2) is 30.7 Å². The number of methoxy groups -OCH3 is 1. The molecule has 1 heterocycles. The number of nitrogens with one attached hydrogen (secondary N) is 2. The maximum absolute atomic E-state index is 5.10. The average molecular weight is 264 g/mol. The van der Waals surface area contributed by atoms with Crippen molar-refractivity contribution in [3.63, 3.8) is 0 Å². The Labute approximate surface area is 115 Å². The van der Waals surface area contributed by atoms with Gasteiger partial charge in [-0.15, -0.1) is 0 Å². The van der Waals surface area contributed by atoms with Crippen LogP contribution in [0.15, 0.2) is 6.07 Å². The third kappa shape index (κ3) is 4.35. The summed E-state index contributed by atoms with van der Waals surface area (Å²) in [4.78, 5) is 8.82. The second kappa shape index (κ2) is 7.28. The van der Waals surface area contributed by atoms with Gasteiger partial charge in [-0.3, -0.25) is 0 Å². The zero-order valence-corrected chi connectivity index (χ0v) is 11.9. The van der Waals surface area contributed by atoms with Gasteiger partial charge in [-0.1, -0.05) is 19.3 Å². The molecule has 1 saturated carbocycles. The Kier molecular flexibility index (Phi) is 5.39. The van der Waals surface area contributed by atoms with E-state index in [9.17, 15) is 0 Å². The summed E-state index contributed by atoms with van der Waals surface area (Å²) in [5.74, 6) is 3.21. The Bertz CT molecular complexity index is 391. The Morgan fingerprint density at radius 1 is 1.21 bits per heavy atom. The molecule has 0 saturated heterocycles. The van der Waals surface area contributed by atoms with Gasteiger partial charge in [0.25, 0.3) is 0 Å². The molecule has 1 fully saturated rings. The lowest BCUT2D eigenvalue weighted by Gasteiger charge is -2.22. The van der Waals surface area contributed by atoms with Crippen molar-refractivity contribution in [2.24, 2.45) is 5.92 Å². The zero-order valence-electron chi connectivity index (χ0n) is 11.9. The quantitative estimate of drug-likeness (QED) is 0.827. The molecule has 0 amide bonds. The molecule has 1 aliphatic rings. The van der Waals surface area contributed by atoms with E-state index in [4.69, 9.17) is 4.74 Å². The van der Waals surface area contributed by atoms with Crippen molar-refractivity contribution >= 4 is 11.6 Å². The number of ether oxygens (including phenoxy) is 1. The van der Waals surface area contributed by atoms with Gasteiger partial charge in [-0.2, -0.15) is 0 Å². The van der Waals surface area contributed by atoms with Crippen LogP contribution in [0.3, 0.4) is 0 Å².